The topological polar surface area (TPSA) is 26.0 Å². The molecular weight excluding hydrogens is 206 g/mol. The molecule has 0 amide bonds. The quantitative estimate of drug-likeness (QED) is 0.626. The predicted molar refractivity (Wildman–Crippen MR) is 79.2 cm³/mol. The van der Waals surface area contributed by atoms with E-state index in [4.69, 9.17) is 5.73 Å². The second-order valence-electron chi connectivity index (χ2n) is 7.69. The van der Waals surface area contributed by atoms with Crippen LogP contribution in [0.2, 0.25) is 0 Å². The molecule has 0 fully saturated rings. The fourth-order valence-electron chi connectivity index (χ4n) is 1.73. The van der Waals surface area contributed by atoms with E-state index in [-0.39, 0.29) is 5.54 Å². The molecule has 0 radical (unpaired) electrons. The lowest BCUT2D eigenvalue weighted by molar-refractivity contribution is 0.229. The second kappa shape index (κ2) is 6.22. The van der Waals surface area contributed by atoms with Crippen LogP contribution in [0.1, 0.15) is 87.0 Å². The maximum atomic E-state index is 6.44. The predicted octanol–water partition coefficient (Wildman–Crippen LogP) is 5.14. The fourth-order valence-corrected chi connectivity index (χ4v) is 1.73. The van der Waals surface area contributed by atoms with Crippen molar-refractivity contribution in [1.82, 2.24) is 0 Å². The maximum Gasteiger partial charge on any atom is 0.0126 e. The van der Waals surface area contributed by atoms with Crippen LogP contribution in [0.15, 0.2) is 0 Å². The average Bonchev–Trinajstić information content (AvgIpc) is 2.25. The SMILES string of the molecule is CCC(C)(C)CCC(C)(N)CCC(C)(C)CC. The van der Waals surface area contributed by atoms with Crippen LogP contribution in [0.4, 0.5) is 0 Å². The highest BCUT2D eigenvalue weighted by molar-refractivity contribution is 4.84. The molecule has 0 spiro atoms. The summed E-state index contributed by atoms with van der Waals surface area (Å²) in [4.78, 5) is 0. The van der Waals surface area contributed by atoms with Crippen molar-refractivity contribution in [2.24, 2.45) is 16.6 Å². The van der Waals surface area contributed by atoms with Crippen molar-refractivity contribution in [3.8, 4) is 0 Å². The molecule has 0 bridgehead atoms. The Kier molecular flexibility index (Phi) is 6.21. The van der Waals surface area contributed by atoms with Crippen molar-refractivity contribution in [2.45, 2.75) is 92.5 Å². The molecular formula is C16H35N. The summed E-state index contributed by atoms with van der Waals surface area (Å²) in [5.41, 5.74) is 7.34. The molecule has 0 aromatic heterocycles. The van der Waals surface area contributed by atoms with Crippen LogP contribution in [-0.2, 0) is 0 Å². The van der Waals surface area contributed by atoms with Gasteiger partial charge in [0.25, 0.3) is 0 Å². The number of rotatable bonds is 8. The van der Waals surface area contributed by atoms with E-state index in [1.54, 1.807) is 0 Å². The summed E-state index contributed by atoms with van der Waals surface area (Å²) >= 11 is 0. The van der Waals surface area contributed by atoms with Gasteiger partial charge in [0.15, 0.2) is 0 Å². The van der Waals surface area contributed by atoms with Gasteiger partial charge in [-0.3, -0.25) is 0 Å². The molecule has 2 N–H and O–H groups in total. The van der Waals surface area contributed by atoms with Crippen molar-refractivity contribution >= 4 is 0 Å². The van der Waals surface area contributed by atoms with Crippen LogP contribution in [0, 0.1) is 10.8 Å². The number of nitrogens with two attached hydrogens (primary N) is 1. The Morgan fingerprint density at radius 1 is 0.647 bits per heavy atom. The van der Waals surface area contributed by atoms with Crippen LogP contribution in [0.5, 0.6) is 0 Å². The zero-order chi connectivity index (χ0) is 13.7. The lowest BCUT2D eigenvalue weighted by atomic mass is 9.76. The molecule has 0 aliphatic rings. The minimum absolute atomic E-state index is 0.0128. The van der Waals surface area contributed by atoms with Crippen LogP contribution in [0.25, 0.3) is 0 Å². The summed E-state index contributed by atoms with van der Waals surface area (Å²) in [7, 11) is 0. The minimum atomic E-state index is 0.0128. The molecule has 104 valence electrons. The lowest BCUT2D eigenvalue weighted by Crippen LogP contribution is -2.38. The average molecular weight is 241 g/mol. The lowest BCUT2D eigenvalue weighted by Gasteiger charge is -2.33. The molecule has 17 heavy (non-hydrogen) atoms. The van der Waals surface area contributed by atoms with Gasteiger partial charge in [0.05, 0.1) is 0 Å². The zero-order valence-electron chi connectivity index (χ0n) is 13.3. The molecule has 0 aliphatic heterocycles. The summed E-state index contributed by atoms with van der Waals surface area (Å²) in [6.07, 6.45) is 7.25. The third-order valence-electron chi connectivity index (χ3n) is 4.66. The van der Waals surface area contributed by atoms with E-state index in [0.29, 0.717) is 10.8 Å². The van der Waals surface area contributed by atoms with Gasteiger partial charge < -0.3 is 5.73 Å². The van der Waals surface area contributed by atoms with Gasteiger partial charge in [-0.25, -0.2) is 0 Å². The minimum Gasteiger partial charge on any atom is -0.325 e. The molecule has 0 aromatic carbocycles. The molecule has 0 aromatic rings. The van der Waals surface area contributed by atoms with Crippen molar-refractivity contribution in [1.29, 1.82) is 0 Å². The number of hydrogen-bond acceptors (Lipinski definition) is 1. The first-order valence-corrected chi connectivity index (χ1v) is 7.32. The largest absolute Gasteiger partial charge is 0.325 e. The molecule has 0 atom stereocenters. The molecule has 0 heterocycles. The Hall–Kier alpha value is -0.0400. The van der Waals surface area contributed by atoms with E-state index in [1.807, 2.05) is 0 Å². The van der Waals surface area contributed by atoms with Crippen LogP contribution in [-0.4, -0.2) is 5.54 Å². The summed E-state index contributed by atoms with van der Waals surface area (Å²) in [6, 6.07) is 0. The van der Waals surface area contributed by atoms with E-state index in [0.717, 1.165) is 12.8 Å². The molecule has 1 heteroatoms. The standard InChI is InChI=1S/C16H35N/c1-8-14(3,4)10-12-16(7,17)13-11-15(5,6)9-2/h8-13,17H2,1-7H3. The normalized spacial score (nSPS) is 14.1. The third kappa shape index (κ3) is 7.81. The Morgan fingerprint density at radius 2 is 0.941 bits per heavy atom. The van der Waals surface area contributed by atoms with Crippen molar-refractivity contribution < 1.29 is 0 Å². The van der Waals surface area contributed by atoms with Crippen LogP contribution in [0.3, 0.4) is 0 Å². The van der Waals surface area contributed by atoms with Gasteiger partial charge in [-0.05, 0) is 43.4 Å². The van der Waals surface area contributed by atoms with Gasteiger partial charge in [0.2, 0.25) is 0 Å². The van der Waals surface area contributed by atoms with Gasteiger partial charge in [0, 0.05) is 5.54 Å². The van der Waals surface area contributed by atoms with Crippen LogP contribution < -0.4 is 5.73 Å². The van der Waals surface area contributed by atoms with E-state index >= 15 is 0 Å². The van der Waals surface area contributed by atoms with Gasteiger partial charge in [-0.1, -0.05) is 54.4 Å². The fraction of sp³-hybridized carbons (Fsp3) is 1.00. The first-order valence-electron chi connectivity index (χ1n) is 7.32. The van der Waals surface area contributed by atoms with Crippen molar-refractivity contribution in [2.75, 3.05) is 0 Å². The van der Waals surface area contributed by atoms with E-state index in [2.05, 4.69) is 48.5 Å². The Bertz CT molecular complexity index is 192. The van der Waals surface area contributed by atoms with E-state index in [9.17, 15) is 0 Å². The first kappa shape index (κ1) is 17.0. The smallest absolute Gasteiger partial charge is 0.0126 e. The summed E-state index contributed by atoms with van der Waals surface area (Å²) in [6.45, 7) is 16.2. The highest BCUT2D eigenvalue weighted by atomic mass is 14.7. The van der Waals surface area contributed by atoms with E-state index in [1.165, 1.54) is 25.7 Å². The highest BCUT2D eigenvalue weighted by Crippen LogP contribution is 2.33. The molecule has 0 unspecified atom stereocenters. The Morgan fingerprint density at radius 3 is 1.18 bits per heavy atom. The van der Waals surface area contributed by atoms with Crippen molar-refractivity contribution in [3.63, 3.8) is 0 Å². The Labute approximate surface area is 110 Å². The molecule has 0 saturated heterocycles. The van der Waals surface area contributed by atoms with Gasteiger partial charge in [0.1, 0.15) is 0 Å². The van der Waals surface area contributed by atoms with Crippen molar-refractivity contribution in [3.05, 3.63) is 0 Å². The number of hydrogen-bond donors (Lipinski definition) is 1. The summed E-state index contributed by atoms with van der Waals surface area (Å²) in [5.74, 6) is 0. The third-order valence-corrected chi connectivity index (χ3v) is 4.66. The second-order valence-corrected chi connectivity index (χ2v) is 7.69. The molecule has 0 saturated carbocycles. The molecule has 0 aliphatic carbocycles. The Balaban J connectivity index is 4.13. The summed E-state index contributed by atoms with van der Waals surface area (Å²) in [5, 5.41) is 0. The molecule has 1 nitrogen and oxygen atoms in total. The van der Waals surface area contributed by atoms with Gasteiger partial charge in [-0.2, -0.15) is 0 Å². The van der Waals surface area contributed by atoms with Gasteiger partial charge in [-0.15, -0.1) is 0 Å². The van der Waals surface area contributed by atoms with Gasteiger partial charge >= 0.3 is 0 Å². The first-order chi connectivity index (χ1) is 7.54. The van der Waals surface area contributed by atoms with Crippen LogP contribution >= 0.6 is 0 Å². The van der Waals surface area contributed by atoms with E-state index < -0.39 is 0 Å². The highest BCUT2D eigenvalue weighted by Gasteiger charge is 2.26. The monoisotopic (exact) mass is 241 g/mol. The maximum absolute atomic E-state index is 6.44. The summed E-state index contributed by atoms with van der Waals surface area (Å²) < 4.78 is 0. The zero-order valence-corrected chi connectivity index (χ0v) is 13.3. The molecule has 0 rings (SSSR count).